The summed E-state index contributed by atoms with van der Waals surface area (Å²) in [6.45, 7) is 2.80. The lowest BCUT2D eigenvalue weighted by Crippen LogP contribution is -2.48. The molecule has 2 aromatic rings. The highest BCUT2D eigenvalue weighted by molar-refractivity contribution is 5.92. The van der Waals surface area contributed by atoms with Crippen LogP contribution in [0.1, 0.15) is 40.2 Å². The molecule has 27 heavy (non-hydrogen) atoms. The van der Waals surface area contributed by atoms with Gasteiger partial charge in [0.05, 0.1) is 5.69 Å². The molecule has 1 aromatic carbocycles. The number of carbonyl (C=O) groups is 1. The van der Waals surface area contributed by atoms with Gasteiger partial charge in [0.2, 0.25) is 0 Å². The molecule has 4 rings (SSSR count). The van der Waals surface area contributed by atoms with Gasteiger partial charge >= 0.3 is 0 Å². The summed E-state index contributed by atoms with van der Waals surface area (Å²) in [6, 6.07) is 5.55. The van der Waals surface area contributed by atoms with Gasteiger partial charge in [-0.2, -0.15) is 5.10 Å². The Morgan fingerprint density at radius 2 is 1.78 bits per heavy atom. The van der Waals surface area contributed by atoms with E-state index in [0.29, 0.717) is 44.0 Å². The molecule has 1 fully saturated rings. The largest absolute Gasteiger partial charge is 0.335 e. The van der Waals surface area contributed by atoms with Crippen molar-refractivity contribution in [2.24, 2.45) is 0 Å². The van der Waals surface area contributed by atoms with Crippen LogP contribution in [0.2, 0.25) is 0 Å². The van der Waals surface area contributed by atoms with E-state index in [-0.39, 0.29) is 5.91 Å². The number of rotatable bonds is 3. The number of aryl methyl sites for hydroxylation is 2. The normalized spacial score (nSPS) is 17.6. The van der Waals surface area contributed by atoms with E-state index in [1.54, 1.807) is 4.90 Å². The van der Waals surface area contributed by atoms with Crippen LogP contribution in [-0.2, 0) is 19.4 Å². The molecular weight excluding hydrogens is 350 g/mol. The van der Waals surface area contributed by atoms with Gasteiger partial charge in [0, 0.05) is 44.4 Å². The third kappa shape index (κ3) is 3.98. The summed E-state index contributed by atoms with van der Waals surface area (Å²) in [6.07, 6.45) is 4.16. The summed E-state index contributed by atoms with van der Waals surface area (Å²) in [7, 11) is 0. The van der Waals surface area contributed by atoms with E-state index < -0.39 is 11.6 Å². The molecule has 0 bridgehead atoms. The number of aromatic nitrogens is 2. The fourth-order valence-corrected chi connectivity index (χ4v) is 3.76. The summed E-state index contributed by atoms with van der Waals surface area (Å²) < 4.78 is 26.8. The lowest BCUT2D eigenvalue weighted by atomic mass is 9.96. The first-order valence-electron chi connectivity index (χ1n) is 9.41. The average Bonchev–Trinajstić information content (AvgIpc) is 2.70. The van der Waals surface area contributed by atoms with Crippen molar-refractivity contribution in [2.75, 3.05) is 26.2 Å². The highest BCUT2D eigenvalue weighted by Gasteiger charge is 2.25. The lowest BCUT2D eigenvalue weighted by molar-refractivity contribution is 0.0619. The molecule has 0 saturated carbocycles. The average molecular weight is 372 g/mol. The fourth-order valence-electron chi connectivity index (χ4n) is 3.76. The number of halogens is 2. The Hall–Kier alpha value is -2.41. The van der Waals surface area contributed by atoms with Crippen molar-refractivity contribution in [3.8, 4) is 0 Å². The third-order valence-electron chi connectivity index (χ3n) is 5.36. The van der Waals surface area contributed by atoms with E-state index in [4.69, 9.17) is 0 Å². The standard InChI is InChI=1S/C20H22F2N4O/c21-16-6-5-15(17(22)12-16)13-25-7-9-26(10-8-25)20(27)19-11-14-3-1-2-4-18(14)23-24-19/h5-6,11-12H,1-4,7-10,13H2. The highest BCUT2D eigenvalue weighted by Crippen LogP contribution is 2.20. The van der Waals surface area contributed by atoms with Gasteiger partial charge in [-0.1, -0.05) is 6.07 Å². The second-order valence-electron chi connectivity index (χ2n) is 7.21. The summed E-state index contributed by atoms with van der Waals surface area (Å²) in [5, 5.41) is 8.38. The highest BCUT2D eigenvalue weighted by atomic mass is 19.1. The van der Waals surface area contributed by atoms with E-state index in [2.05, 4.69) is 15.1 Å². The minimum absolute atomic E-state index is 0.0940. The van der Waals surface area contributed by atoms with E-state index >= 15 is 0 Å². The Kier molecular flexibility index (Phi) is 5.11. The summed E-state index contributed by atoms with van der Waals surface area (Å²) in [5.74, 6) is -1.20. The van der Waals surface area contributed by atoms with Crippen molar-refractivity contribution in [3.05, 3.63) is 58.4 Å². The van der Waals surface area contributed by atoms with Gasteiger partial charge in [0.15, 0.2) is 5.69 Å². The predicted molar refractivity (Wildman–Crippen MR) is 96.2 cm³/mol. The topological polar surface area (TPSA) is 49.3 Å². The van der Waals surface area contributed by atoms with Crippen molar-refractivity contribution < 1.29 is 13.6 Å². The minimum atomic E-state index is -0.571. The molecule has 1 amide bonds. The molecule has 0 radical (unpaired) electrons. The summed E-state index contributed by atoms with van der Waals surface area (Å²) in [4.78, 5) is 16.6. The number of amides is 1. The molecule has 0 atom stereocenters. The van der Waals surface area contributed by atoms with Gasteiger partial charge in [0.1, 0.15) is 11.6 Å². The molecule has 7 heteroatoms. The first-order valence-corrected chi connectivity index (χ1v) is 9.41. The number of piperazine rings is 1. The first-order chi connectivity index (χ1) is 13.1. The van der Waals surface area contributed by atoms with Crippen LogP contribution in [0.5, 0.6) is 0 Å². The van der Waals surface area contributed by atoms with Crippen molar-refractivity contribution in [1.29, 1.82) is 0 Å². The Morgan fingerprint density at radius 3 is 2.56 bits per heavy atom. The maximum absolute atomic E-state index is 13.8. The zero-order chi connectivity index (χ0) is 18.8. The van der Waals surface area contributed by atoms with E-state index in [1.807, 2.05) is 6.07 Å². The third-order valence-corrected chi connectivity index (χ3v) is 5.36. The van der Waals surface area contributed by atoms with Gasteiger partial charge in [-0.15, -0.1) is 5.10 Å². The van der Waals surface area contributed by atoms with Gasteiger partial charge in [-0.25, -0.2) is 8.78 Å². The Balaban J connectivity index is 1.36. The van der Waals surface area contributed by atoms with Gasteiger partial charge in [-0.3, -0.25) is 9.69 Å². The van der Waals surface area contributed by atoms with E-state index in [9.17, 15) is 13.6 Å². The molecule has 1 saturated heterocycles. The maximum Gasteiger partial charge on any atom is 0.274 e. The second-order valence-corrected chi connectivity index (χ2v) is 7.21. The Labute approximate surface area is 157 Å². The number of hydrogen-bond acceptors (Lipinski definition) is 4. The van der Waals surface area contributed by atoms with Crippen LogP contribution in [0.15, 0.2) is 24.3 Å². The van der Waals surface area contributed by atoms with Crippen molar-refractivity contribution in [1.82, 2.24) is 20.0 Å². The maximum atomic E-state index is 13.8. The predicted octanol–water partition coefficient (Wildman–Crippen LogP) is 2.59. The summed E-state index contributed by atoms with van der Waals surface area (Å²) in [5.41, 5.74) is 3.04. The van der Waals surface area contributed by atoms with Crippen LogP contribution in [0.25, 0.3) is 0 Å². The fraction of sp³-hybridized carbons (Fsp3) is 0.450. The molecule has 142 valence electrons. The molecule has 1 aromatic heterocycles. The van der Waals surface area contributed by atoms with Crippen LogP contribution < -0.4 is 0 Å². The molecule has 5 nitrogen and oxygen atoms in total. The van der Waals surface area contributed by atoms with Gasteiger partial charge in [0.25, 0.3) is 5.91 Å². The molecule has 2 heterocycles. The number of benzene rings is 1. The van der Waals surface area contributed by atoms with Crippen LogP contribution in [0, 0.1) is 11.6 Å². The van der Waals surface area contributed by atoms with Crippen LogP contribution >= 0.6 is 0 Å². The Bertz CT molecular complexity index is 850. The number of carbonyl (C=O) groups excluding carboxylic acids is 1. The zero-order valence-corrected chi connectivity index (χ0v) is 15.1. The molecule has 2 aliphatic rings. The zero-order valence-electron chi connectivity index (χ0n) is 15.1. The van der Waals surface area contributed by atoms with E-state index in [0.717, 1.165) is 43.0 Å². The molecule has 1 aliphatic carbocycles. The molecule has 1 aliphatic heterocycles. The lowest BCUT2D eigenvalue weighted by Gasteiger charge is -2.34. The molecule has 0 spiro atoms. The molecule has 0 unspecified atom stereocenters. The van der Waals surface area contributed by atoms with Crippen molar-refractivity contribution in [2.45, 2.75) is 32.2 Å². The molecular formula is C20H22F2N4O. The van der Waals surface area contributed by atoms with E-state index in [1.165, 1.54) is 12.1 Å². The van der Waals surface area contributed by atoms with Crippen molar-refractivity contribution in [3.63, 3.8) is 0 Å². The van der Waals surface area contributed by atoms with Gasteiger partial charge in [-0.05, 0) is 43.4 Å². The SMILES string of the molecule is O=C(c1cc2c(nn1)CCCC2)N1CCN(Cc2ccc(F)cc2F)CC1. The number of hydrogen-bond donors (Lipinski definition) is 0. The monoisotopic (exact) mass is 372 g/mol. The minimum Gasteiger partial charge on any atom is -0.335 e. The number of nitrogens with zero attached hydrogens (tertiary/aromatic N) is 4. The van der Waals surface area contributed by atoms with Crippen LogP contribution in [0.4, 0.5) is 8.78 Å². The second kappa shape index (κ2) is 7.68. The Morgan fingerprint density at radius 1 is 1.00 bits per heavy atom. The summed E-state index contributed by atoms with van der Waals surface area (Å²) >= 11 is 0. The van der Waals surface area contributed by atoms with Crippen LogP contribution in [0.3, 0.4) is 0 Å². The number of fused-ring (bicyclic) bond motifs is 1. The van der Waals surface area contributed by atoms with Gasteiger partial charge < -0.3 is 4.90 Å². The molecule has 0 N–H and O–H groups in total. The first kappa shape index (κ1) is 18.0. The van der Waals surface area contributed by atoms with Crippen LogP contribution in [-0.4, -0.2) is 52.1 Å². The smallest absolute Gasteiger partial charge is 0.274 e. The quantitative estimate of drug-likeness (QED) is 0.831. The van der Waals surface area contributed by atoms with Crippen molar-refractivity contribution >= 4 is 5.91 Å².